The Bertz CT molecular complexity index is 1550. The molecule has 0 aromatic carbocycles. The highest BCUT2D eigenvalue weighted by Crippen LogP contribution is 2.48. The van der Waals surface area contributed by atoms with E-state index in [4.69, 9.17) is 4.42 Å². The van der Waals surface area contributed by atoms with E-state index in [1.54, 1.807) is 18.7 Å². The fraction of sp³-hybridized carbons (Fsp3) is 0.407. The Hall–Kier alpha value is -3.73. The number of H-pyrrole nitrogens is 1. The first-order valence-electron chi connectivity index (χ1n) is 12.9. The van der Waals surface area contributed by atoms with Crippen LogP contribution in [-0.2, 0) is 4.79 Å². The Morgan fingerprint density at radius 3 is 2.58 bits per heavy atom. The highest BCUT2D eigenvalue weighted by atomic mass is 28.3. The van der Waals surface area contributed by atoms with Crippen LogP contribution in [0.4, 0.5) is 10.3 Å². The summed E-state index contributed by atoms with van der Waals surface area (Å²) < 4.78 is 19.9. The minimum absolute atomic E-state index is 0.153. The number of aromatic nitrogens is 5. The van der Waals surface area contributed by atoms with Crippen molar-refractivity contribution in [3.05, 3.63) is 36.6 Å². The zero-order valence-corrected chi connectivity index (χ0v) is 22.5. The van der Waals surface area contributed by atoms with Gasteiger partial charge in [0.1, 0.15) is 11.5 Å². The van der Waals surface area contributed by atoms with Gasteiger partial charge in [-0.05, 0) is 54.8 Å². The van der Waals surface area contributed by atoms with E-state index in [2.05, 4.69) is 49.6 Å². The molecule has 196 valence electrons. The van der Waals surface area contributed by atoms with Crippen LogP contribution in [0.5, 0.6) is 0 Å². The average Bonchev–Trinajstić information content (AvgIpc) is 3.55. The SMILES string of the molecule is C[Si](C)(C)c1coc(-c2nc(N=CC3C4CCC(CC4)[C@@H]3C(=O)O)nc(-c3c[nH]c4ncc(F)cc34)n2)c1. The summed E-state index contributed by atoms with van der Waals surface area (Å²) >= 11 is 0. The van der Waals surface area contributed by atoms with Crippen molar-refractivity contribution in [3.63, 3.8) is 0 Å². The van der Waals surface area contributed by atoms with Crippen LogP contribution < -0.4 is 5.19 Å². The van der Waals surface area contributed by atoms with E-state index in [0.29, 0.717) is 34.0 Å². The lowest BCUT2D eigenvalue weighted by Gasteiger charge is -2.45. The minimum Gasteiger partial charge on any atom is -0.481 e. The summed E-state index contributed by atoms with van der Waals surface area (Å²) in [5.74, 6) is -0.132. The van der Waals surface area contributed by atoms with E-state index in [9.17, 15) is 14.3 Å². The van der Waals surface area contributed by atoms with Gasteiger partial charge in [0.05, 0.1) is 26.5 Å². The smallest absolute Gasteiger partial charge is 0.307 e. The van der Waals surface area contributed by atoms with Crippen LogP contribution in [0.3, 0.4) is 0 Å². The Kier molecular flexibility index (Phi) is 5.97. The molecule has 1 unspecified atom stereocenters. The number of furan rings is 1. The number of aliphatic carboxylic acids is 1. The Labute approximate surface area is 219 Å². The molecule has 0 radical (unpaired) electrons. The lowest BCUT2D eigenvalue weighted by Crippen LogP contribution is -2.44. The van der Waals surface area contributed by atoms with Crippen LogP contribution in [0.2, 0.25) is 19.6 Å². The number of halogens is 1. The van der Waals surface area contributed by atoms with Gasteiger partial charge < -0.3 is 14.5 Å². The van der Waals surface area contributed by atoms with Gasteiger partial charge in [-0.25, -0.2) is 19.4 Å². The summed E-state index contributed by atoms with van der Waals surface area (Å²) in [7, 11) is -1.64. The van der Waals surface area contributed by atoms with Crippen molar-refractivity contribution in [2.24, 2.45) is 28.7 Å². The van der Waals surface area contributed by atoms with Gasteiger partial charge in [0.2, 0.25) is 5.82 Å². The number of nitrogens with zero attached hydrogens (tertiary/aromatic N) is 5. The van der Waals surface area contributed by atoms with E-state index in [0.717, 1.165) is 37.1 Å². The Morgan fingerprint density at radius 1 is 1.13 bits per heavy atom. The van der Waals surface area contributed by atoms with Gasteiger partial charge in [-0.2, -0.15) is 9.97 Å². The molecule has 2 N–H and O–H groups in total. The number of hydrogen-bond donors (Lipinski definition) is 2. The zero-order chi connectivity index (χ0) is 26.6. The molecule has 7 rings (SSSR count). The number of carboxylic acid groups (broad SMARTS) is 1. The number of aromatic amines is 1. The molecule has 2 bridgehead atoms. The highest BCUT2D eigenvalue weighted by molar-refractivity contribution is 6.88. The molecule has 3 fully saturated rings. The number of rotatable bonds is 6. The van der Waals surface area contributed by atoms with Gasteiger partial charge in [0.15, 0.2) is 11.6 Å². The molecule has 9 nitrogen and oxygen atoms in total. The maximum Gasteiger partial charge on any atom is 0.307 e. The van der Waals surface area contributed by atoms with E-state index in [1.807, 2.05) is 6.07 Å². The standard InChI is InChI=1S/C27H29FN6O3Si/c1-38(2,3)17-9-21(37-13-17)25-32-24(20-12-30-23-18(20)8-16(28)10-29-23)33-27(34-25)31-11-19-14-4-6-15(7-5-14)22(19)26(35)36/h8-15,19,22H,4-7H2,1-3H3,(H,29,30)(H,35,36)/t14?,15?,19?,22-/m0/s1. The van der Waals surface area contributed by atoms with Gasteiger partial charge in [0, 0.05) is 29.3 Å². The topological polar surface area (TPSA) is 130 Å². The second-order valence-corrected chi connectivity index (χ2v) is 16.5. The number of carboxylic acids is 1. The second kappa shape index (κ2) is 9.23. The molecule has 2 atom stereocenters. The predicted octanol–water partition coefficient (Wildman–Crippen LogP) is 5.20. The number of carbonyl (C=O) groups is 1. The molecule has 11 heteroatoms. The van der Waals surface area contributed by atoms with Crippen LogP contribution in [0.1, 0.15) is 25.7 Å². The van der Waals surface area contributed by atoms with Crippen LogP contribution in [-0.4, -0.2) is 50.3 Å². The predicted molar refractivity (Wildman–Crippen MR) is 144 cm³/mol. The normalized spacial score (nSPS) is 23.5. The molecule has 0 saturated heterocycles. The summed E-state index contributed by atoms with van der Waals surface area (Å²) in [4.78, 5) is 37.7. The Balaban J connectivity index is 1.44. The van der Waals surface area contributed by atoms with Crippen molar-refractivity contribution < 1.29 is 18.7 Å². The van der Waals surface area contributed by atoms with Crippen molar-refractivity contribution in [2.75, 3.05) is 0 Å². The van der Waals surface area contributed by atoms with Gasteiger partial charge >= 0.3 is 5.97 Å². The largest absolute Gasteiger partial charge is 0.481 e. The molecule has 4 heterocycles. The average molecular weight is 533 g/mol. The summed E-state index contributed by atoms with van der Waals surface area (Å²) in [6, 6.07) is 3.34. The van der Waals surface area contributed by atoms with Gasteiger partial charge in [-0.3, -0.25) is 4.79 Å². The number of fused-ring (bicyclic) bond motifs is 4. The van der Waals surface area contributed by atoms with Crippen LogP contribution in [0.15, 0.2) is 40.2 Å². The number of pyridine rings is 1. The molecule has 0 spiro atoms. The van der Waals surface area contributed by atoms with Crippen LogP contribution in [0, 0.1) is 29.5 Å². The molecule has 4 aromatic rings. The third-order valence-corrected chi connectivity index (χ3v) is 9.97. The fourth-order valence-corrected chi connectivity index (χ4v) is 6.87. The van der Waals surface area contributed by atoms with E-state index in [1.165, 1.54) is 6.07 Å². The van der Waals surface area contributed by atoms with E-state index >= 15 is 0 Å². The van der Waals surface area contributed by atoms with Crippen molar-refractivity contribution in [3.8, 4) is 23.0 Å². The number of hydrogen-bond acceptors (Lipinski definition) is 7. The second-order valence-electron chi connectivity index (χ2n) is 11.4. The molecule has 4 aromatic heterocycles. The van der Waals surface area contributed by atoms with Crippen LogP contribution in [0.25, 0.3) is 34.0 Å². The summed E-state index contributed by atoms with van der Waals surface area (Å²) in [6.45, 7) is 6.67. The molecule has 3 saturated carbocycles. The lowest BCUT2D eigenvalue weighted by atomic mass is 9.59. The third kappa shape index (κ3) is 4.44. The van der Waals surface area contributed by atoms with Crippen molar-refractivity contribution in [1.82, 2.24) is 24.9 Å². The summed E-state index contributed by atoms with van der Waals surface area (Å²) in [5, 5.41) is 11.6. The Morgan fingerprint density at radius 2 is 1.87 bits per heavy atom. The van der Waals surface area contributed by atoms with Crippen molar-refractivity contribution in [2.45, 2.75) is 45.3 Å². The van der Waals surface area contributed by atoms with Gasteiger partial charge in [0.25, 0.3) is 5.95 Å². The highest BCUT2D eigenvalue weighted by Gasteiger charge is 2.46. The van der Waals surface area contributed by atoms with Crippen molar-refractivity contribution >= 4 is 42.4 Å². The first-order valence-corrected chi connectivity index (χ1v) is 16.4. The minimum atomic E-state index is -1.64. The summed E-state index contributed by atoms with van der Waals surface area (Å²) in [5.41, 5.74) is 1.07. The lowest BCUT2D eigenvalue weighted by molar-refractivity contribution is -0.149. The molecule has 0 aliphatic heterocycles. The van der Waals surface area contributed by atoms with Crippen molar-refractivity contribution in [1.29, 1.82) is 0 Å². The quantitative estimate of drug-likeness (QED) is 0.258. The molecule has 3 aliphatic carbocycles. The molecule has 0 amide bonds. The summed E-state index contributed by atoms with van der Waals surface area (Å²) in [6.07, 6.45) is 10.2. The van der Waals surface area contributed by atoms with E-state index < -0.39 is 25.8 Å². The number of nitrogens with one attached hydrogen (secondary N) is 1. The van der Waals surface area contributed by atoms with Gasteiger partial charge in [-0.15, -0.1) is 0 Å². The number of aliphatic imine (C=N–C) groups is 1. The maximum atomic E-state index is 14.0. The van der Waals surface area contributed by atoms with Gasteiger partial charge in [-0.1, -0.05) is 19.6 Å². The molecule has 3 aliphatic rings. The maximum absolute atomic E-state index is 14.0. The zero-order valence-electron chi connectivity index (χ0n) is 21.5. The third-order valence-electron chi connectivity index (χ3n) is 7.98. The monoisotopic (exact) mass is 532 g/mol. The fourth-order valence-electron chi connectivity index (χ4n) is 5.89. The molecular formula is C27H29FN6O3Si. The van der Waals surface area contributed by atoms with Crippen LogP contribution >= 0.6 is 0 Å². The first-order chi connectivity index (χ1) is 18.2. The molecule has 38 heavy (non-hydrogen) atoms. The van der Waals surface area contributed by atoms with E-state index in [-0.39, 0.29) is 23.7 Å². The molecular weight excluding hydrogens is 503 g/mol. The first kappa shape index (κ1) is 24.6.